The number of carbonyl (C=O) groups is 2. The van der Waals surface area contributed by atoms with Crippen LogP contribution in [0.1, 0.15) is 38.1 Å². The van der Waals surface area contributed by atoms with Crippen molar-refractivity contribution in [1.29, 1.82) is 5.26 Å². The van der Waals surface area contributed by atoms with Crippen LogP contribution >= 0.6 is 33.9 Å². The lowest BCUT2D eigenvalue weighted by atomic mass is 10.1. The second kappa shape index (κ2) is 7.57. The molecule has 0 saturated carbocycles. The number of hydrogen-bond acceptors (Lipinski definition) is 5. The largest absolute Gasteiger partial charge is 0.462 e. The summed E-state index contributed by atoms with van der Waals surface area (Å²) < 4.78 is 5.78. The predicted molar refractivity (Wildman–Crippen MR) is 96.8 cm³/mol. The number of thiophene rings is 1. The highest BCUT2D eigenvalue weighted by molar-refractivity contribution is 14.1. The third-order valence-corrected chi connectivity index (χ3v) is 5.19. The van der Waals surface area contributed by atoms with Crippen molar-refractivity contribution in [3.05, 3.63) is 49.4 Å². The fourth-order valence-electron chi connectivity index (χ4n) is 1.94. The molecule has 0 aliphatic rings. The van der Waals surface area contributed by atoms with E-state index in [2.05, 4.69) is 27.9 Å². The van der Waals surface area contributed by atoms with Crippen LogP contribution in [0, 0.1) is 21.8 Å². The number of anilines is 1. The number of benzene rings is 1. The van der Waals surface area contributed by atoms with E-state index in [0.29, 0.717) is 21.0 Å². The van der Waals surface area contributed by atoms with Crippen LogP contribution in [0.5, 0.6) is 0 Å². The highest BCUT2D eigenvalue weighted by atomic mass is 127. The number of nitrogens with zero attached hydrogens (tertiary/aromatic N) is 1. The minimum atomic E-state index is -0.485. The molecular formula is C16H13IN2O3S. The number of nitrogens with one attached hydrogen (secondary N) is 1. The second-order valence-corrected chi connectivity index (χ2v) is 6.71. The molecule has 0 saturated heterocycles. The topological polar surface area (TPSA) is 79.2 Å². The fraction of sp³-hybridized carbons (Fsp3) is 0.188. The standard InChI is InChI=1S/C16H13IN2O3S/c1-3-22-16(21)13-9(2)11(8-18)15(23-13)19-14(20)10-6-4-5-7-12(10)17/h4-7H,3H2,1-2H3,(H,19,20). The van der Waals surface area contributed by atoms with Crippen molar-refractivity contribution >= 4 is 50.8 Å². The smallest absolute Gasteiger partial charge is 0.348 e. The molecule has 1 N–H and O–H groups in total. The summed E-state index contributed by atoms with van der Waals surface area (Å²) in [6, 6.07) is 9.18. The molecule has 0 aliphatic heterocycles. The molecule has 1 amide bonds. The molecule has 0 radical (unpaired) electrons. The first-order chi connectivity index (χ1) is 11.0. The van der Waals surface area contributed by atoms with Gasteiger partial charge in [-0.3, -0.25) is 4.79 Å². The Labute approximate surface area is 151 Å². The lowest BCUT2D eigenvalue weighted by Crippen LogP contribution is -2.13. The molecule has 23 heavy (non-hydrogen) atoms. The maximum Gasteiger partial charge on any atom is 0.348 e. The Morgan fingerprint density at radius 3 is 2.70 bits per heavy atom. The monoisotopic (exact) mass is 440 g/mol. The highest BCUT2D eigenvalue weighted by Gasteiger charge is 2.22. The molecule has 2 aromatic rings. The summed E-state index contributed by atoms with van der Waals surface area (Å²) in [6.45, 7) is 3.64. The number of carbonyl (C=O) groups excluding carboxylic acids is 2. The van der Waals surface area contributed by atoms with Gasteiger partial charge in [-0.25, -0.2) is 4.79 Å². The van der Waals surface area contributed by atoms with Crippen molar-refractivity contribution < 1.29 is 14.3 Å². The normalized spacial score (nSPS) is 10.0. The molecule has 7 heteroatoms. The van der Waals surface area contributed by atoms with Crippen LogP contribution in [0.3, 0.4) is 0 Å². The van der Waals surface area contributed by atoms with Crippen molar-refractivity contribution in [2.75, 3.05) is 11.9 Å². The molecule has 0 fully saturated rings. The van der Waals surface area contributed by atoms with Gasteiger partial charge in [0, 0.05) is 3.57 Å². The lowest BCUT2D eigenvalue weighted by Gasteiger charge is -2.05. The van der Waals surface area contributed by atoms with E-state index in [1.807, 2.05) is 18.2 Å². The number of nitriles is 1. The second-order valence-electron chi connectivity index (χ2n) is 4.53. The SMILES string of the molecule is CCOC(=O)c1sc(NC(=O)c2ccccc2I)c(C#N)c1C. The van der Waals surface area contributed by atoms with Gasteiger partial charge < -0.3 is 10.1 Å². The van der Waals surface area contributed by atoms with Crippen molar-refractivity contribution in [3.63, 3.8) is 0 Å². The molecular weight excluding hydrogens is 427 g/mol. The van der Waals surface area contributed by atoms with Crippen molar-refractivity contribution in [3.8, 4) is 6.07 Å². The molecule has 0 unspecified atom stereocenters. The summed E-state index contributed by atoms with van der Waals surface area (Å²) in [7, 11) is 0. The first-order valence-corrected chi connectivity index (χ1v) is 8.65. The van der Waals surface area contributed by atoms with Crippen LogP contribution in [0.2, 0.25) is 0 Å². The molecule has 1 aromatic carbocycles. The predicted octanol–water partition coefficient (Wildman–Crippen LogP) is 3.96. The zero-order valence-electron chi connectivity index (χ0n) is 12.5. The average molecular weight is 440 g/mol. The number of rotatable bonds is 4. The van der Waals surface area contributed by atoms with Crippen LogP contribution in [0.15, 0.2) is 24.3 Å². The van der Waals surface area contributed by atoms with Crippen molar-refractivity contribution in [2.45, 2.75) is 13.8 Å². The van der Waals surface area contributed by atoms with Crippen LogP contribution in [-0.2, 0) is 4.74 Å². The third kappa shape index (κ3) is 3.71. The Morgan fingerprint density at radius 1 is 1.39 bits per heavy atom. The van der Waals surface area contributed by atoms with Crippen molar-refractivity contribution in [1.82, 2.24) is 0 Å². The minimum Gasteiger partial charge on any atom is -0.462 e. The van der Waals surface area contributed by atoms with Crippen molar-refractivity contribution in [2.24, 2.45) is 0 Å². The molecule has 0 atom stereocenters. The maximum atomic E-state index is 12.4. The fourth-order valence-corrected chi connectivity index (χ4v) is 3.62. The Kier molecular flexibility index (Phi) is 5.74. The van der Waals surface area contributed by atoms with Gasteiger partial charge in [-0.05, 0) is 54.1 Å². The van der Waals surface area contributed by atoms with Crippen LogP contribution < -0.4 is 5.32 Å². The van der Waals surface area contributed by atoms with Gasteiger partial charge in [0.1, 0.15) is 15.9 Å². The van der Waals surface area contributed by atoms with E-state index in [-0.39, 0.29) is 18.1 Å². The molecule has 0 bridgehead atoms. The third-order valence-electron chi connectivity index (χ3n) is 3.06. The van der Waals surface area contributed by atoms with Gasteiger partial charge in [0.05, 0.1) is 17.7 Å². The van der Waals surface area contributed by atoms with Gasteiger partial charge in [0.2, 0.25) is 0 Å². The number of ether oxygens (including phenoxy) is 1. The van der Waals surface area contributed by atoms with E-state index in [0.717, 1.165) is 14.9 Å². The Bertz CT molecular complexity index is 808. The van der Waals surface area contributed by atoms with E-state index in [1.54, 1.807) is 26.0 Å². The summed E-state index contributed by atoms with van der Waals surface area (Å²) in [6.07, 6.45) is 0. The van der Waals surface area contributed by atoms with Gasteiger partial charge in [-0.15, -0.1) is 11.3 Å². The zero-order valence-corrected chi connectivity index (χ0v) is 15.4. The van der Waals surface area contributed by atoms with E-state index in [4.69, 9.17) is 4.74 Å². The molecule has 1 heterocycles. The molecule has 1 aromatic heterocycles. The summed E-state index contributed by atoms with van der Waals surface area (Å²) in [5, 5.41) is 12.4. The Balaban J connectivity index is 2.35. The summed E-state index contributed by atoms with van der Waals surface area (Å²) >= 11 is 3.13. The summed E-state index contributed by atoms with van der Waals surface area (Å²) in [4.78, 5) is 24.6. The van der Waals surface area contributed by atoms with Gasteiger partial charge in [-0.1, -0.05) is 12.1 Å². The molecule has 0 spiro atoms. The van der Waals surface area contributed by atoms with Gasteiger partial charge in [0.25, 0.3) is 5.91 Å². The maximum absolute atomic E-state index is 12.4. The molecule has 2 rings (SSSR count). The number of amides is 1. The molecule has 5 nitrogen and oxygen atoms in total. The van der Waals surface area contributed by atoms with E-state index in [9.17, 15) is 14.9 Å². The first kappa shape index (κ1) is 17.4. The van der Waals surface area contributed by atoms with Crippen LogP contribution in [0.4, 0.5) is 5.00 Å². The van der Waals surface area contributed by atoms with E-state index in [1.165, 1.54) is 0 Å². The number of halogens is 1. The zero-order chi connectivity index (χ0) is 17.0. The average Bonchev–Trinajstić information content (AvgIpc) is 2.83. The van der Waals surface area contributed by atoms with Gasteiger partial charge >= 0.3 is 5.97 Å². The first-order valence-electron chi connectivity index (χ1n) is 6.76. The van der Waals surface area contributed by atoms with E-state index < -0.39 is 5.97 Å². The minimum absolute atomic E-state index is 0.252. The Hall–Kier alpha value is -1.92. The summed E-state index contributed by atoms with van der Waals surface area (Å²) in [5.41, 5.74) is 1.33. The number of esters is 1. The summed E-state index contributed by atoms with van der Waals surface area (Å²) in [5.74, 6) is -0.801. The van der Waals surface area contributed by atoms with Gasteiger partial charge in [-0.2, -0.15) is 5.26 Å². The lowest BCUT2D eigenvalue weighted by molar-refractivity contribution is 0.0531. The quantitative estimate of drug-likeness (QED) is 0.577. The van der Waals surface area contributed by atoms with E-state index >= 15 is 0 Å². The van der Waals surface area contributed by atoms with Crippen LogP contribution in [-0.4, -0.2) is 18.5 Å². The molecule has 118 valence electrons. The Morgan fingerprint density at radius 2 is 2.09 bits per heavy atom. The van der Waals surface area contributed by atoms with Gasteiger partial charge in [0.15, 0.2) is 0 Å². The molecule has 0 aliphatic carbocycles. The highest BCUT2D eigenvalue weighted by Crippen LogP contribution is 2.33. The number of hydrogen-bond donors (Lipinski definition) is 1. The van der Waals surface area contributed by atoms with Crippen LogP contribution in [0.25, 0.3) is 0 Å².